The third kappa shape index (κ3) is 4.90. The molecule has 1 saturated carbocycles. The normalized spacial score (nSPS) is 21.5. The van der Waals surface area contributed by atoms with Crippen molar-refractivity contribution in [3.05, 3.63) is 23.8 Å². The molecule has 3 aliphatic heterocycles. The highest BCUT2D eigenvalue weighted by Gasteiger charge is 2.35. The average Bonchev–Trinajstić information content (AvgIpc) is 3.61. The van der Waals surface area contributed by atoms with Gasteiger partial charge < -0.3 is 24.4 Å². The number of rotatable bonds is 7. The smallest absolute Gasteiger partial charge is 0.242 e. The van der Waals surface area contributed by atoms with E-state index in [0.29, 0.717) is 43.4 Å². The Hall–Kier alpha value is -3.05. The van der Waals surface area contributed by atoms with E-state index in [4.69, 9.17) is 14.2 Å². The number of hydrazine groups is 2. The van der Waals surface area contributed by atoms with E-state index in [1.807, 2.05) is 25.1 Å². The summed E-state index contributed by atoms with van der Waals surface area (Å²) in [6, 6.07) is 5.14. The zero-order chi connectivity index (χ0) is 23.5. The maximum absolute atomic E-state index is 13.5. The number of amidine groups is 1. The second-order valence-corrected chi connectivity index (χ2v) is 9.14. The molecular weight excluding hydrogens is 440 g/mol. The number of hydrogen-bond donors (Lipinski definition) is 3. The summed E-state index contributed by atoms with van der Waals surface area (Å²) in [5.74, 6) is 1.67. The van der Waals surface area contributed by atoms with E-state index in [0.717, 1.165) is 31.2 Å². The number of ether oxygens (including phenoxy) is 3. The lowest BCUT2D eigenvalue weighted by atomic mass is 10.0. The van der Waals surface area contributed by atoms with E-state index in [1.165, 1.54) is 5.12 Å². The zero-order valence-corrected chi connectivity index (χ0v) is 19.4. The minimum absolute atomic E-state index is 0.00988. The second kappa shape index (κ2) is 10.1. The van der Waals surface area contributed by atoms with Crippen LogP contribution in [0.5, 0.6) is 11.5 Å². The molecule has 5 rings (SSSR count). The molecular formula is C23H32N6O5. The van der Waals surface area contributed by atoms with Crippen molar-refractivity contribution >= 4 is 17.6 Å². The lowest BCUT2D eigenvalue weighted by Crippen LogP contribution is -2.58. The minimum Gasteiger partial charge on any atom is -0.454 e. The van der Waals surface area contributed by atoms with Gasteiger partial charge in [-0.25, -0.2) is 5.53 Å². The fourth-order valence-electron chi connectivity index (χ4n) is 4.97. The van der Waals surface area contributed by atoms with Crippen molar-refractivity contribution in [2.45, 2.75) is 63.6 Å². The highest BCUT2D eigenvalue weighted by atomic mass is 16.7. The van der Waals surface area contributed by atoms with Gasteiger partial charge in [-0.3, -0.25) is 15.0 Å². The third-order valence-electron chi connectivity index (χ3n) is 6.83. The number of nitrogens with one attached hydrogen (secondary N) is 3. The molecule has 0 spiro atoms. The van der Waals surface area contributed by atoms with Crippen LogP contribution in [-0.2, 0) is 14.3 Å². The van der Waals surface area contributed by atoms with Gasteiger partial charge >= 0.3 is 0 Å². The lowest BCUT2D eigenvalue weighted by molar-refractivity contribution is -0.146. The van der Waals surface area contributed by atoms with E-state index >= 15 is 0 Å². The zero-order valence-electron chi connectivity index (χ0n) is 19.4. The van der Waals surface area contributed by atoms with Gasteiger partial charge in [0.25, 0.3) is 0 Å². The topological polar surface area (TPSA) is 117 Å². The summed E-state index contributed by atoms with van der Waals surface area (Å²) < 4.78 is 16.3. The van der Waals surface area contributed by atoms with Gasteiger partial charge in [0.05, 0.1) is 0 Å². The van der Waals surface area contributed by atoms with E-state index in [9.17, 15) is 9.59 Å². The van der Waals surface area contributed by atoms with Crippen LogP contribution in [0.3, 0.4) is 0 Å². The molecule has 1 atom stereocenters. The van der Waals surface area contributed by atoms with Crippen molar-refractivity contribution in [2.75, 3.05) is 26.6 Å². The summed E-state index contributed by atoms with van der Waals surface area (Å²) in [7, 11) is 0. The highest BCUT2D eigenvalue weighted by molar-refractivity contribution is 5.99. The van der Waals surface area contributed by atoms with Crippen LogP contribution in [0.4, 0.5) is 0 Å². The van der Waals surface area contributed by atoms with Gasteiger partial charge in [0.15, 0.2) is 17.3 Å². The number of nitrogens with zero attached hydrogens (tertiary/aromatic N) is 3. The number of carbonyl (C=O) groups is 2. The quantitative estimate of drug-likeness (QED) is 0.535. The summed E-state index contributed by atoms with van der Waals surface area (Å²) >= 11 is 0. The number of fused-ring (bicyclic) bond motifs is 1. The van der Waals surface area contributed by atoms with Gasteiger partial charge in [-0.05, 0) is 50.8 Å². The van der Waals surface area contributed by atoms with Gasteiger partial charge in [-0.1, -0.05) is 12.8 Å². The van der Waals surface area contributed by atoms with Crippen LogP contribution < -0.4 is 25.8 Å². The Labute approximate surface area is 198 Å². The summed E-state index contributed by atoms with van der Waals surface area (Å²) in [6.45, 7) is 3.20. The molecule has 0 aromatic heterocycles. The van der Waals surface area contributed by atoms with Crippen LogP contribution in [0.2, 0.25) is 0 Å². The van der Waals surface area contributed by atoms with Crippen LogP contribution in [0.15, 0.2) is 23.3 Å². The maximum Gasteiger partial charge on any atom is 0.242 e. The van der Waals surface area contributed by atoms with E-state index in [2.05, 4.69) is 21.4 Å². The first kappa shape index (κ1) is 22.7. The minimum atomic E-state index is -0.562. The number of benzene rings is 1. The molecule has 1 unspecified atom stereocenters. The largest absolute Gasteiger partial charge is 0.454 e. The highest BCUT2D eigenvalue weighted by Crippen LogP contribution is 2.32. The Morgan fingerprint density at radius 1 is 1.18 bits per heavy atom. The first-order valence-corrected chi connectivity index (χ1v) is 12.1. The summed E-state index contributed by atoms with van der Waals surface area (Å²) in [5, 5.41) is 8.97. The van der Waals surface area contributed by atoms with Crippen LogP contribution >= 0.6 is 0 Å². The van der Waals surface area contributed by atoms with Crippen molar-refractivity contribution < 1.29 is 23.8 Å². The fourth-order valence-corrected chi connectivity index (χ4v) is 4.97. The monoisotopic (exact) mass is 472 g/mol. The predicted molar refractivity (Wildman–Crippen MR) is 123 cm³/mol. The average molecular weight is 473 g/mol. The van der Waals surface area contributed by atoms with Crippen molar-refractivity contribution in [1.29, 1.82) is 0 Å². The van der Waals surface area contributed by atoms with Gasteiger partial charge in [0.2, 0.25) is 18.6 Å². The number of hydrogen-bond acceptors (Lipinski definition) is 9. The van der Waals surface area contributed by atoms with Gasteiger partial charge in [0.1, 0.15) is 12.6 Å². The Morgan fingerprint density at radius 2 is 1.94 bits per heavy atom. The van der Waals surface area contributed by atoms with Crippen LogP contribution in [-0.4, -0.2) is 72.3 Å². The molecule has 3 heterocycles. The molecule has 11 nitrogen and oxygen atoms in total. The van der Waals surface area contributed by atoms with E-state index < -0.39 is 6.04 Å². The second-order valence-electron chi connectivity index (χ2n) is 9.14. The van der Waals surface area contributed by atoms with Crippen molar-refractivity contribution in [2.24, 2.45) is 5.10 Å². The molecule has 34 heavy (non-hydrogen) atoms. The van der Waals surface area contributed by atoms with E-state index in [-0.39, 0.29) is 37.2 Å². The number of carbonyl (C=O) groups excluding carboxylic acids is 2. The molecule has 0 radical (unpaired) electrons. The third-order valence-corrected chi connectivity index (χ3v) is 6.83. The van der Waals surface area contributed by atoms with Crippen LogP contribution in [0.25, 0.3) is 0 Å². The van der Waals surface area contributed by atoms with Crippen LogP contribution in [0.1, 0.15) is 51.0 Å². The molecule has 1 aromatic rings. The summed E-state index contributed by atoms with van der Waals surface area (Å²) in [4.78, 5) is 28.2. The first-order chi connectivity index (χ1) is 16.6. The number of amides is 2. The van der Waals surface area contributed by atoms with Gasteiger partial charge in [-0.2, -0.15) is 0 Å². The Morgan fingerprint density at radius 3 is 2.74 bits per heavy atom. The van der Waals surface area contributed by atoms with Crippen molar-refractivity contribution in [1.82, 2.24) is 26.3 Å². The Balaban J connectivity index is 1.23. The van der Waals surface area contributed by atoms with Crippen LogP contribution in [0, 0.1) is 0 Å². The maximum atomic E-state index is 13.5. The van der Waals surface area contributed by atoms with E-state index in [1.54, 1.807) is 4.90 Å². The molecule has 184 valence electrons. The summed E-state index contributed by atoms with van der Waals surface area (Å²) in [6.07, 6.45) is 5.72. The molecule has 0 bridgehead atoms. The Kier molecular flexibility index (Phi) is 6.73. The summed E-state index contributed by atoms with van der Waals surface area (Å²) in [5.41, 5.74) is 6.77. The molecule has 4 aliphatic rings. The molecule has 1 saturated heterocycles. The lowest BCUT2D eigenvalue weighted by Gasteiger charge is -2.38. The molecule has 1 aromatic carbocycles. The first-order valence-electron chi connectivity index (χ1n) is 12.1. The molecule has 11 heteroatoms. The molecule has 2 fully saturated rings. The SMILES string of the molecule is CC(C(=O)NC1CCCC1)N(C(=O)CN1NN=C(c2ccc3c(c2)OCO3)N1)C1CCOCC1. The fraction of sp³-hybridized carbons (Fsp3) is 0.609. The van der Waals surface area contributed by atoms with Crippen molar-refractivity contribution in [3.63, 3.8) is 0 Å². The predicted octanol–water partition coefficient (Wildman–Crippen LogP) is 0.857. The molecule has 2 amide bonds. The Bertz CT molecular complexity index is 944. The standard InChI is InChI=1S/C23H32N6O5/c1-15(23(31)24-17-4-2-3-5-17)29(18-8-10-32-11-9-18)21(30)13-28-26-22(25-27-28)16-6-7-19-20(12-16)34-14-33-19/h6-7,12,15,17-18,27H,2-5,8-11,13-14H2,1H3,(H,24,31)(H,25,26). The molecule has 1 aliphatic carbocycles. The number of hydrazone groups is 1. The molecule has 3 N–H and O–H groups in total. The van der Waals surface area contributed by atoms with Gasteiger partial charge in [0, 0.05) is 30.9 Å². The van der Waals surface area contributed by atoms with Gasteiger partial charge in [-0.15, -0.1) is 10.2 Å². The van der Waals surface area contributed by atoms with Crippen molar-refractivity contribution in [3.8, 4) is 11.5 Å².